The van der Waals surface area contributed by atoms with Crippen molar-refractivity contribution in [3.05, 3.63) is 38.8 Å². The third-order valence-corrected chi connectivity index (χ3v) is 4.30. The van der Waals surface area contributed by atoms with Gasteiger partial charge in [-0.2, -0.15) is 5.10 Å². The second kappa shape index (κ2) is 5.43. The van der Waals surface area contributed by atoms with Gasteiger partial charge in [0, 0.05) is 16.3 Å². The Bertz CT molecular complexity index is 544. The molecule has 2 aromatic rings. The van der Waals surface area contributed by atoms with Crippen LogP contribution in [0.1, 0.15) is 26.7 Å². The molecule has 1 aliphatic rings. The van der Waals surface area contributed by atoms with Gasteiger partial charge in [0.1, 0.15) is 0 Å². The molecule has 0 fully saturated rings. The summed E-state index contributed by atoms with van der Waals surface area (Å²) in [6.45, 7) is 7.23. The third kappa shape index (κ3) is 2.46. The lowest BCUT2D eigenvalue weighted by molar-refractivity contribution is 0.572. The van der Waals surface area contributed by atoms with Gasteiger partial charge in [-0.1, -0.05) is 0 Å². The zero-order valence-electron chi connectivity index (χ0n) is 10.7. The topological polar surface area (TPSA) is 29.9 Å². The quantitative estimate of drug-likeness (QED) is 0.918. The Morgan fingerprint density at radius 3 is 2.94 bits per heavy atom. The number of hydrogen-bond donors (Lipinski definition) is 1. The first kappa shape index (κ1) is 13.6. The lowest BCUT2D eigenvalue weighted by atomic mass is 10.1. The van der Waals surface area contributed by atoms with Crippen molar-refractivity contribution in [2.75, 3.05) is 6.54 Å². The van der Waals surface area contributed by atoms with Crippen molar-refractivity contribution >= 4 is 23.7 Å². The van der Waals surface area contributed by atoms with Crippen LogP contribution in [0, 0.1) is 13.8 Å². The molecule has 3 rings (SSSR count). The van der Waals surface area contributed by atoms with E-state index < -0.39 is 0 Å². The minimum Gasteiger partial charge on any atom is -0.311 e. The maximum absolute atomic E-state index is 4.68. The van der Waals surface area contributed by atoms with Crippen LogP contribution in [0.4, 0.5) is 0 Å². The van der Waals surface area contributed by atoms with E-state index >= 15 is 0 Å². The van der Waals surface area contributed by atoms with E-state index in [-0.39, 0.29) is 12.4 Å². The average Bonchev–Trinajstić information content (AvgIpc) is 2.86. The monoisotopic (exact) mass is 283 g/mol. The Morgan fingerprint density at radius 1 is 1.39 bits per heavy atom. The molecule has 18 heavy (non-hydrogen) atoms. The molecule has 2 aromatic heterocycles. The maximum atomic E-state index is 4.68. The molecule has 0 saturated heterocycles. The maximum Gasteiger partial charge on any atom is 0.0756 e. The van der Waals surface area contributed by atoms with Crippen LogP contribution >= 0.6 is 23.7 Å². The Hall–Kier alpha value is -0.840. The molecule has 1 N–H and O–H groups in total. The van der Waals surface area contributed by atoms with Gasteiger partial charge >= 0.3 is 0 Å². The van der Waals surface area contributed by atoms with Gasteiger partial charge in [0.2, 0.25) is 0 Å². The van der Waals surface area contributed by atoms with Crippen molar-refractivity contribution in [2.45, 2.75) is 33.4 Å². The molecular formula is C13H18ClN3S. The summed E-state index contributed by atoms with van der Waals surface area (Å²) in [6.07, 6.45) is 1.12. The number of fused-ring (bicyclic) bond motifs is 1. The predicted octanol–water partition coefficient (Wildman–Crippen LogP) is 2.68. The Labute approximate surface area is 118 Å². The third-order valence-electron chi connectivity index (χ3n) is 3.31. The number of halogens is 1. The molecule has 0 bridgehead atoms. The highest BCUT2D eigenvalue weighted by molar-refractivity contribution is 7.11. The van der Waals surface area contributed by atoms with Gasteiger partial charge in [0.05, 0.1) is 17.9 Å². The van der Waals surface area contributed by atoms with Gasteiger partial charge < -0.3 is 5.32 Å². The molecule has 0 unspecified atom stereocenters. The lowest BCUT2D eigenvalue weighted by Crippen LogP contribution is -2.25. The van der Waals surface area contributed by atoms with Gasteiger partial charge in [0.15, 0.2) is 0 Å². The van der Waals surface area contributed by atoms with E-state index in [0.717, 1.165) is 26.1 Å². The number of nitrogens with one attached hydrogen (secondary N) is 1. The Balaban J connectivity index is 0.00000120. The number of hydrogen-bond acceptors (Lipinski definition) is 3. The van der Waals surface area contributed by atoms with Gasteiger partial charge in [-0.15, -0.1) is 23.7 Å². The summed E-state index contributed by atoms with van der Waals surface area (Å²) in [5.41, 5.74) is 4.03. The van der Waals surface area contributed by atoms with E-state index in [4.69, 9.17) is 0 Å². The molecule has 1 aliphatic heterocycles. The summed E-state index contributed by atoms with van der Waals surface area (Å²) in [4.78, 5) is 2.76. The van der Waals surface area contributed by atoms with E-state index in [9.17, 15) is 0 Å². The van der Waals surface area contributed by atoms with Crippen molar-refractivity contribution in [1.29, 1.82) is 0 Å². The van der Waals surface area contributed by atoms with Crippen molar-refractivity contribution in [2.24, 2.45) is 0 Å². The molecule has 0 saturated carbocycles. The van der Waals surface area contributed by atoms with Crippen LogP contribution in [0.3, 0.4) is 0 Å². The highest BCUT2D eigenvalue weighted by atomic mass is 35.5. The predicted molar refractivity (Wildman–Crippen MR) is 77.8 cm³/mol. The first-order chi connectivity index (χ1) is 8.24. The molecule has 0 radical (unpaired) electrons. The normalized spacial score (nSPS) is 14.1. The van der Waals surface area contributed by atoms with Crippen molar-refractivity contribution in [1.82, 2.24) is 15.1 Å². The minimum atomic E-state index is 0. The summed E-state index contributed by atoms with van der Waals surface area (Å²) in [5.74, 6) is 0. The highest BCUT2D eigenvalue weighted by Gasteiger charge is 2.18. The van der Waals surface area contributed by atoms with E-state index in [1.54, 1.807) is 0 Å². The number of rotatable bonds is 2. The van der Waals surface area contributed by atoms with Crippen LogP contribution < -0.4 is 5.32 Å². The van der Waals surface area contributed by atoms with Crippen LogP contribution in [0.25, 0.3) is 0 Å². The van der Waals surface area contributed by atoms with Crippen LogP contribution in [0.2, 0.25) is 0 Å². The fourth-order valence-electron chi connectivity index (χ4n) is 2.46. The number of aromatic nitrogens is 2. The summed E-state index contributed by atoms with van der Waals surface area (Å²) in [5, 5.41) is 8.11. The molecule has 5 heteroatoms. The highest BCUT2D eigenvalue weighted by Crippen LogP contribution is 2.21. The van der Waals surface area contributed by atoms with Crippen LogP contribution in [0.5, 0.6) is 0 Å². The Kier molecular flexibility index (Phi) is 4.10. The molecule has 3 heterocycles. The summed E-state index contributed by atoms with van der Waals surface area (Å²) in [6, 6.07) is 4.39. The summed E-state index contributed by atoms with van der Waals surface area (Å²) in [7, 11) is 0. The fourth-order valence-corrected chi connectivity index (χ4v) is 3.33. The van der Waals surface area contributed by atoms with E-state index in [2.05, 4.69) is 41.1 Å². The first-order valence-electron chi connectivity index (χ1n) is 6.05. The molecule has 0 aliphatic carbocycles. The van der Waals surface area contributed by atoms with Crippen molar-refractivity contribution in [3.63, 3.8) is 0 Å². The van der Waals surface area contributed by atoms with Crippen LogP contribution in [0.15, 0.2) is 12.1 Å². The molecule has 3 nitrogen and oxygen atoms in total. The first-order valence-corrected chi connectivity index (χ1v) is 6.87. The number of thiophene rings is 1. The molecule has 0 atom stereocenters. The van der Waals surface area contributed by atoms with Gasteiger partial charge in [-0.25, -0.2) is 0 Å². The lowest BCUT2D eigenvalue weighted by Gasteiger charge is -2.15. The minimum absolute atomic E-state index is 0. The van der Waals surface area contributed by atoms with Crippen molar-refractivity contribution in [3.8, 4) is 0 Å². The molecule has 0 aromatic carbocycles. The van der Waals surface area contributed by atoms with E-state index in [1.807, 2.05) is 11.3 Å². The second-order valence-corrected chi connectivity index (χ2v) is 5.98. The number of nitrogens with zero attached hydrogens (tertiary/aromatic N) is 2. The van der Waals surface area contributed by atoms with Gasteiger partial charge in [0.25, 0.3) is 0 Å². The van der Waals surface area contributed by atoms with Crippen LogP contribution in [-0.4, -0.2) is 16.3 Å². The van der Waals surface area contributed by atoms with Gasteiger partial charge in [-0.3, -0.25) is 4.68 Å². The fraction of sp³-hybridized carbons (Fsp3) is 0.462. The summed E-state index contributed by atoms with van der Waals surface area (Å²) < 4.78 is 2.17. The largest absolute Gasteiger partial charge is 0.311 e. The SMILES string of the molecule is Cc1ccc(Cn2nc(C)c3c2CNCC3)s1.Cl. The van der Waals surface area contributed by atoms with E-state index in [1.165, 1.54) is 26.7 Å². The van der Waals surface area contributed by atoms with Crippen LogP contribution in [-0.2, 0) is 19.5 Å². The Morgan fingerprint density at radius 2 is 2.22 bits per heavy atom. The standard InChI is InChI=1S/C13H17N3S.ClH/c1-9-3-4-11(17-9)8-16-13-7-14-6-5-12(13)10(2)15-16;/h3-4,14H,5-8H2,1-2H3;1H. The van der Waals surface area contributed by atoms with Gasteiger partial charge in [-0.05, 0) is 44.5 Å². The molecule has 0 amide bonds. The zero-order chi connectivity index (χ0) is 11.8. The van der Waals surface area contributed by atoms with Crippen molar-refractivity contribution < 1.29 is 0 Å². The second-order valence-electron chi connectivity index (χ2n) is 4.61. The molecular weight excluding hydrogens is 266 g/mol. The molecule has 0 spiro atoms. The number of aryl methyl sites for hydroxylation is 2. The van der Waals surface area contributed by atoms with E-state index in [0.29, 0.717) is 0 Å². The zero-order valence-corrected chi connectivity index (χ0v) is 12.3. The summed E-state index contributed by atoms with van der Waals surface area (Å²) >= 11 is 1.86. The smallest absolute Gasteiger partial charge is 0.0756 e. The average molecular weight is 284 g/mol. The molecule has 98 valence electrons.